The molecular weight excluding hydrogens is 285 g/mol. The van der Waals surface area contributed by atoms with Gasteiger partial charge >= 0.3 is 5.97 Å². The van der Waals surface area contributed by atoms with Crippen LogP contribution < -0.4 is 0 Å². The van der Waals surface area contributed by atoms with E-state index in [1.807, 2.05) is 11.8 Å². The number of morpholine rings is 1. The first-order chi connectivity index (χ1) is 9.43. The molecule has 20 heavy (non-hydrogen) atoms. The van der Waals surface area contributed by atoms with Gasteiger partial charge in [-0.15, -0.1) is 0 Å². The summed E-state index contributed by atoms with van der Waals surface area (Å²) < 4.78 is 18.5. The molecule has 4 nitrogen and oxygen atoms in total. The summed E-state index contributed by atoms with van der Waals surface area (Å²) in [5.74, 6) is -1.35. The minimum Gasteiger partial charge on any atom is -0.481 e. The summed E-state index contributed by atoms with van der Waals surface area (Å²) in [4.78, 5) is 13.3. The molecule has 0 aliphatic carbocycles. The number of hydrogen-bond donors (Lipinski definition) is 1. The lowest BCUT2D eigenvalue weighted by atomic mass is 9.86. The molecule has 1 heterocycles. The number of carboxylic acids is 1. The highest BCUT2D eigenvalue weighted by atomic mass is 35.5. The van der Waals surface area contributed by atoms with Crippen LogP contribution in [-0.2, 0) is 15.1 Å². The van der Waals surface area contributed by atoms with Crippen molar-refractivity contribution in [3.8, 4) is 0 Å². The lowest BCUT2D eigenvalue weighted by molar-refractivity contribution is -0.141. The van der Waals surface area contributed by atoms with E-state index in [0.717, 1.165) is 0 Å². The quantitative estimate of drug-likeness (QED) is 0.928. The fourth-order valence-corrected chi connectivity index (χ4v) is 3.03. The minimum atomic E-state index is -0.917. The Balaban J connectivity index is 2.41. The molecule has 0 saturated carbocycles. The van der Waals surface area contributed by atoms with Crippen molar-refractivity contribution in [3.63, 3.8) is 0 Å². The zero-order valence-electron chi connectivity index (χ0n) is 11.2. The van der Waals surface area contributed by atoms with Crippen molar-refractivity contribution in [1.82, 2.24) is 4.90 Å². The molecule has 1 fully saturated rings. The van der Waals surface area contributed by atoms with Gasteiger partial charge in [0.05, 0.1) is 25.2 Å². The average Bonchev–Trinajstić information content (AvgIpc) is 2.38. The van der Waals surface area contributed by atoms with Crippen molar-refractivity contribution in [2.45, 2.75) is 18.9 Å². The van der Waals surface area contributed by atoms with Crippen LogP contribution in [0.5, 0.6) is 0 Å². The van der Waals surface area contributed by atoms with Crippen LogP contribution >= 0.6 is 11.6 Å². The van der Waals surface area contributed by atoms with Crippen LogP contribution in [0.2, 0.25) is 5.02 Å². The van der Waals surface area contributed by atoms with Crippen molar-refractivity contribution >= 4 is 17.6 Å². The van der Waals surface area contributed by atoms with E-state index in [2.05, 4.69) is 0 Å². The zero-order valence-corrected chi connectivity index (χ0v) is 12.0. The monoisotopic (exact) mass is 301 g/mol. The molecule has 1 saturated heterocycles. The van der Waals surface area contributed by atoms with E-state index in [0.29, 0.717) is 31.9 Å². The first-order valence-electron chi connectivity index (χ1n) is 6.43. The third kappa shape index (κ3) is 3.11. The molecule has 1 N–H and O–H groups in total. The van der Waals surface area contributed by atoms with Crippen molar-refractivity contribution < 1.29 is 19.0 Å². The van der Waals surface area contributed by atoms with Gasteiger partial charge in [0.25, 0.3) is 0 Å². The van der Waals surface area contributed by atoms with Gasteiger partial charge in [0.15, 0.2) is 0 Å². The van der Waals surface area contributed by atoms with Crippen LogP contribution in [0.25, 0.3) is 0 Å². The third-order valence-electron chi connectivity index (χ3n) is 3.72. The number of benzene rings is 1. The van der Waals surface area contributed by atoms with Crippen LogP contribution in [0, 0.1) is 5.82 Å². The molecule has 1 aromatic rings. The standard InChI is InChI=1S/C14H17ClFNO3/c1-14(9-13(18)19,17-4-6-20-7-5-17)11-3-2-10(16)8-12(11)15/h2-3,8H,4-7,9H2,1H3,(H,18,19). The van der Waals surface area contributed by atoms with Crippen molar-refractivity contribution in [1.29, 1.82) is 0 Å². The summed E-state index contributed by atoms with van der Waals surface area (Å²) in [5, 5.41) is 9.46. The fraction of sp³-hybridized carbons (Fsp3) is 0.500. The molecular formula is C14H17ClFNO3. The van der Waals surface area contributed by atoms with Gasteiger partial charge in [-0.2, -0.15) is 0 Å². The second kappa shape index (κ2) is 6.08. The largest absolute Gasteiger partial charge is 0.481 e. The molecule has 1 aromatic carbocycles. The van der Waals surface area contributed by atoms with E-state index in [-0.39, 0.29) is 11.4 Å². The van der Waals surface area contributed by atoms with Crippen molar-refractivity contribution in [2.75, 3.05) is 26.3 Å². The summed E-state index contributed by atoms with van der Waals surface area (Å²) in [6.07, 6.45) is -0.0989. The Morgan fingerprint density at radius 2 is 2.15 bits per heavy atom. The number of carboxylic acid groups (broad SMARTS) is 1. The summed E-state index contributed by atoms with van der Waals surface area (Å²) in [7, 11) is 0. The molecule has 0 radical (unpaired) electrons. The van der Waals surface area contributed by atoms with Crippen LogP contribution in [0.15, 0.2) is 18.2 Å². The molecule has 6 heteroatoms. The number of hydrogen-bond acceptors (Lipinski definition) is 3. The lowest BCUT2D eigenvalue weighted by Gasteiger charge is -2.43. The summed E-state index contributed by atoms with van der Waals surface area (Å²) in [6, 6.07) is 4.09. The second-order valence-electron chi connectivity index (χ2n) is 5.07. The molecule has 0 amide bonds. The van der Waals surface area contributed by atoms with Crippen LogP contribution in [0.1, 0.15) is 18.9 Å². The highest BCUT2D eigenvalue weighted by Gasteiger charge is 2.38. The molecule has 2 rings (SSSR count). The zero-order chi connectivity index (χ0) is 14.8. The van der Waals surface area contributed by atoms with E-state index in [4.69, 9.17) is 16.3 Å². The molecule has 1 aliphatic rings. The molecule has 110 valence electrons. The Bertz CT molecular complexity index is 505. The Morgan fingerprint density at radius 3 is 2.70 bits per heavy atom. The van der Waals surface area contributed by atoms with Gasteiger partial charge in [0, 0.05) is 18.1 Å². The molecule has 1 aliphatic heterocycles. The van der Waals surface area contributed by atoms with E-state index in [1.54, 1.807) is 6.07 Å². The number of carbonyl (C=O) groups is 1. The lowest BCUT2D eigenvalue weighted by Crippen LogP contribution is -2.50. The molecule has 0 aromatic heterocycles. The molecule has 1 unspecified atom stereocenters. The topological polar surface area (TPSA) is 49.8 Å². The number of nitrogens with zero attached hydrogens (tertiary/aromatic N) is 1. The van der Waals surface area contributed by atoms with Gasteiger partial charge in [-0.1, -0.05) is 17.7 Å². The van der Waals surface area contributed by atoms with Crippen LogP contribution in [-0.4, -0.2) is 42.3 Å². The van der Waals surface area contributed by atoms with E-state index in [9.17, 15) is 14.3 Å². The Kier molecular flexibility index (Phi) is 4.62. The summed E-state index contributed by atoms with van der Waals surface area (Å²) >= 11 is 6.13. The number of aliphatic carboxylic acids is 1. The first kappa shape index (κ1) is 15.2. The van der Waals surface area contributed by atoms with Crippen LogP contribution in [0.3, 0.4) is 0 Å². The third-order valence-corrected chi connectivity index (χ3v) is 4.03. The van der Waals surface area contributed by atoms with Crippen molar-refractivity contribution in [2.24, 2.45) is 0 Å². The van der Waals surface area contributed by atoms with Gasteiger partial charge in [0.2, 0.25) is 0 Å². The predicted molar refractivity (Wildman–Crippen MR) is 73.4 cm³/mol. The number of ether oxygens (including phenoxy) is 1. The van der Waals surface area contributed by atoms with Crippen molar-refractivity contribution in [3.05, 3.63) is 34.6 Å². The molecule has 1 atom stereocenters. The maximum atomic E-state index is 13.2. The second-order valence-corrected chi connectivity index (χ2v) is 5.48. The normalized spacial score (nSPS) is 19.6. The minimum absolute atomic E-state index is 0.0989. The molecule has 0 spiro atoms. The fourth-order valence-electron chi connectivity index (χ4n) is 2.65. The summed E-state index contributed by atoms with van der Waals surface area (Å²) in [6.45, 7) is 4.17. The van der Waals surface area contributed by atoms with Gasteiger partial charge in [-0.25, -0.2) is 4.39 Å². The Morgan fingerprint density at radius 1 is 1.50 bits per heavy atom. The smallest absolute Gasteiger partial charge is 0.305 e. The SMILES string of the molecule is CC(CC(=O)O)(c1ccc(F)cc1Cl)N1CCOCC1. The van der Waals surface area contributed by atoms with Gasteiger partial charge < -0.3 is 9.84 Å². The predicted octanol–water partition coefficient (Wildman–Crippen LogP) is 2.50. The average molecular weight is 302 g/mol. The Labute approximate surface area is 122 Å². The van der Waals surface area contributed by atoms with Gasteiger partial charge in [-0.3, -0.25) is 9.69 Å². The summed E-state index contributed by atoms with van der Waals surface area (Å²) in [5.41, 5.74) is -0.148. The maximum Gasteiger partial charge on any atom is 0.305 e. The molecule has 0 bridgehead atoms. The van der Waals surface area contributed by atoms with E-state index < -0.39 is 17.3 Å². The number of rotatable bonds is 4. The maximum absolute atomic E-state index is 13.2. The van der Waals surface area contributed by atoms with Gasteiger partial charge in [-0.05, 0) is 24.6 Å². The highest BCUT2D eigenvalue weighted by molar-refractivity contribution is 6.31. The first-order valence-corrected chi connectivity index (χ1v) is 6.81. The highest BCUT2D eigenvalue weighted by Crippen LogP contribution is 2.37. The van der Waals surface area contributed by atoms with E-state index in [1.165, 1.54) is 12.1 Å². The van der Waals surface area contributed by atoms with Gasteiger partial charge in [0.1, 0.15) is 5.82 Å². The number of halogens is 2. The van der Waals surface area contributed by atoms with E-state index >= 15 is 0 Å². The van der Waals surface area contributed by atoms with Crippen LogP contribution in [0.4, 0.5) is 4.39 Å². The Hall–Kier alpha value is -1.17.